The summed E-state index contributed by atoms with van der Waals surface area (Å²) in [6.07, 6.45) is 4.27. The number of halogens is 1. The van der Waals surface area contributed by atoms with Gasteiger partial charge in [-0.15, -0.1) is 0 Å². The van der Waals surface area contributed by atoms with Crippen molar-refractivity contribution >= 4 is 11.5 Å². The Balaban J connectivity index is 1.94. The Morgan fingerprint density at radius 1 is 1.43 bits per heavy atom. The van der Waals surface area contributed by atoms with Crippen LogP contribution in [-0.4, -0.2) is 34.2 Å². The number of rotatable bonds is 5. The van der Waals surface area contributed by atoms with E-state index >= 15 is 0 Å². The molecule has 1 amide bonds. The molecule has 0 aliphatic heterocycles. The third kappa shape index (κ3) is 3.78. The quantitative estimate of drug-likeness (QED) is 0.848. The minimum atomic E-state index is -0.408. The molecule has 0 aliphatic rings. The molecule has 0 radical (unpaired) electrons. The number of aromatic nitrogens is 2. The highest BCUT2D eigenvalue weighted by molar-refractivity contribution is 5.94. The number of nitrogens with zero attached hydrogens (tertiary/aromatic N) is 3. The van der Waals surface area contributed by atoms with Gasteiger partial charge in [0.25, 0.3) is 5.91 Å². The van der Waals surface area contributed by atoms with Gasteiger partial charge in [-0.05, 0) is 30.2 Å². The molecule has 2 aromatic rings. The van der Waals surface area contributed by atoms with E-state index in [2.05, 4.69) is 11.7 Å². The van der Waals surface area contributed by atoms with Crippen molar-refractivity contribution in [2.75, 3.05) is 13.6 Å². The van der Waals surface area contributed by atoms with Gasteiger partial charge in [0.05, 0.1) is 6.20 Å². The number of carbonyl (C=O) groups excluding carboxylic acids is 1. The van der Waals surface area contributed by atoms with Crippen LogP contribution < -0.4 is 0 Å². The van der Waals surface area contributed by atoms with Crippen molar-refractivity contribution < 1.29 is 9.18 Å². The SMILES string of the molecule is C=C(CCN(C)C(=O)c1cccc(F)c1)c1cnn(C)c1. The molecule has 21 heavy (non-hydrogen) atoms. The van der Waals surface area contributed by atoms with E-state index in [1.165, 1.54) is 18.2 Å². The van der Waals surface area contributed by atoms with Crippen LogP contribution in [0.25, 0.3) is 5.57 Å². The van der Waals surface area contributed by atoms with Crippen LogP contribution in [0.15, 0.2) is 43.2 Å². The topological polar surface area (TPSA) is 38.1 Å². The summed E-state index contributed by atoms with van der Waals surface area (Å²) >= 11 is 0. The lowest BCUT2D eigenvalue weighted by atomic mass is 10.1. The summed E-state index contributed by atoms with van der Waals surface area (Å²) in [5.74, 6) is -0.609. The van der Waals surface area contributed by atoms with Crippen LogP contribution >= 0.6 is 0 Å². The molecule has 1 heterocycles. The summed E-state index contributed by atoms with van der Waals surface area (Å²) in [7, 11) is 3.54. The molecule has 1 aromatic carbocycles. The Labute approximate surface area is 123 Å². The van der Waals surface area contributed by atoms with E-state index in [1.54, 1.807) is 28.9 Å². The predicted octanol–water partition coefficient (Wildman–Crippen LogP) is 2.73. The van der Waals surface area contributed by atoms with Crippen molar-refractivity contribution in [3.8, 4) is 0 Å². The Bertz CT molecular complexity index is 663. The molecule has 0 aliphatic carbocycles. The van der Waals surface area contributed by atoms with Gasteiger partial charge in [-0.2, -0.15) is 5.10 Å². The van der Waals surface area contributed by atoms with Crippen molar-refractivity contribution in [2.24, 2.45) is 7.05 Å². The second-order valence-corrected chi connectivity index (χ2v) is 4.99. The maximum Gasteiger partial charge on any atom is 0.253 e. The molecule has 0 unspecified atom stereocenters. The Kier molecular flexibility index (Phi) is 4.52. The van der Waals surface area contributed by atoms with Gasteiger partial charge < -0.3 is 4.90 Å². The summed E-state index contributed by atoms with van der Waals surface area (Å²) in [6, 6.07) is 5.71. The van der Waals surface area contributed by atoms with E-state index in [1.807, 2.05) is 13.2 Å². The maximum atomic E-state index is 13.1. The largest absolute Gasteiger partial charge is 0.341 e. The maximum absolute atomic E-state index is 13.1. The number of hydrogen-bond donors (Lipinski definition) is 0. The number of benzene rings is 1. The molecule has 4 nitrogen and oxygen atoms in total. The number of hydrogen-bond acceptors (Lipinski definition) is 2. The van der Waals surface area contributed by atoms with Gasteiger partial charge in [-0.1, -0.05) is 12.6 Å². The van der Waals surface area contributed by atoms with E-state index in [0.717, 1.165) is 11.1 Å². The molecule has 0 saturated carbocycles. The fourth-order valence-electron chi connectivity index (χ4n) is 1.99. The summed E-state index contributed by atoms with van der Waals surface area (Å²) in [4.78, 5) is 13.7. The van der Waals surface area contributed by atoms with Crippen LogP contribution in [0.1, 0.15) is 22.3 Å². The van der Waals surface area contributed by atoms with Gasteiger partial charge in [0.15, 0.2) is 0 Å². The lowest BCUT2D eigenvalue weighted by Gasteiger charge is -2.17. The third-order valence-corrected chi connectivity index (χ3v) is 3.28. The van der Waals surface area contributed by atoms with Crippen molar-refractivity contribution in [3.63, 3.8) is 0 Å². The zero-order chi connectivity index (χ0) is 15.4. The number of amides is 1. The molecule has 5 heteroatoms. The van der Waals surface area contributed by atoms with Gasteiger partial charge in [-0.3, -0.25) is 9.48 Å². The van der Waals surface area contributed by atoms with Crippen molar-refractivity contribution in [2.45, 2.75) is 6.42 Å². The van der Waals surface area contributed by atoms with Crippen molar-refractivity contribution in [1.29, 1.82) is 0 Å². The van der Waals surface area contributed by atoms with Gasteiger partial charge in [-0.25, -0.2) is 4.39 Å². The third-order valence-electron chi connectivity index (χ3n) is 3.28. The lowest BCUT2D eigenvalue weighted by molar-refractivity contribution is 0.0797. The molecule has 0 bridgehead atoms. The highest BCUT2D eigenvalue weighted by Crippen LogP contribution is 2.16. The molecular formula is C16H18FN3O. The van der Waals surface area contributed by atoms with E-state index in [4.69, 9.17) is 0 Å². The fourth-order valence-corrected chi connectivity index (χ4v) is 1.99. The van der Waals surface area contributed by atoms with Crippen LogP contribution in [0, 0.1) is 5.82 Å². The average molecular weight is 287 g/mol. The van der Waals surface area contributed by atoms with Crippen molar-refractivity contribution in [3.05, 3.63) is 60.2 Å². The molecule has 110 valence electrons. The fraction of sp³-hybridized carbons (Fsp3) is 0.250. The average Bonchev–Trinajstić information content (AvgIpc) is 2.90. The lowest BCUT2D eigenvalue weighted by Crippen LogP contribution is -2.27. The van der Waals surface area contributed by atoms with Crippen molar-refractivity contribution in [1.82, 2.24) is 14.7 Å². The zero-order valence-electron chi connectivity index (χ0n) is 12.2. The molecule has 0 fully saturated rings. The summed E-state index contributed by atoms with van der Waals surface area (Å²) in [6.45, 7) is 4.52. The summed E-state index contributed by atoms with van der Waals surface area (Å²) in [5, 5.41) is 4.09. The summed E-state index contributed by atoms with van der Waals surface area (Å²) in [5.41, 5.74) is 2.23. The van der Waals surface area contributed by atoms with Crippen LogP contribution in [0.3, 0.4) is 0 Å². The first-order valence-electron chi connectivity index (χ1n) is 6.65. The highest BCUT2D eigenvalue weighted by Gasteiger charge is 2.13. The Morgan fingerprint density at radius 3 is 2.81 bits per heavy atom. The Hall–Kier alpha value is -2.43. The van der Waals surface area contributed by atoms with Crippen LogP contribution in [0.4, 0.5) is 4.39 Å². The monoisotopic (exact) mass is 287 g/mol. The second-order valence-electron chi connectivity index (χ2n) is 4.99. The first-order valence-corrected chi connectivity index (χ1v) is 6.65. The predicted molar refractivity (Wildman–Crippen MR) is 80.2 cm³/mol. The molecule has 0 spiro atoms. The van der Waals surface area contributed by atoms with Crippen LogP contribution in [0.2, 0.25) is 0 Å². The van der Waals surface area contributed by atoms with Crippen LogP contribution in [0.5, 0.6) is 0 Å². The minimum Gasteiger partial charge on any atom is -0.341 e. The molecule has 0 saturated heterocycles. The minimum absolute atomic E-state index is 0.200. The second kappa shape index (κ2) is 6.35. The first-order chi connectivity index (χ1) is 9.97. The molecule has 1 aromatic heterocycles. The Morgan fingerprint density at radius 2 is 2.19 bits per heavy atom. The smallest absolute Gasteiger partial charge is 0.253 e. The van der Waals surface area contributed by atoms with Gasteiger partial charge in [0, 0.05) is 38.0 Å². The van der Waals surface area contributed by atoms with E-state index < -0.39 is 5.82 Å². The van der Waals surface area contributed by atoms with E-state index in [-0.39, 0.29) is 5.91 Å². The van der Waals surface area contributed by atoms with Gasteiger partial charge in [0.2, 0.25) is 0 Å². The van der Waals surface area contributed by atoms with E-state index in [0.29, 0.717) is 18.5 Å². The summed E-state index contributed by atoms with van der Waals surface area (Å²) < 4.78 is 14.8. The zero-order valence-corrected chi connectivity index (χ0v) is 12.2. The molecular weight excluding hydrogens is 269 g/mol. The molecule has 0 N–H and O–H groups in total. The van der Waals surface area contributed by atoms with Crippen LogP contribution in [-0.2, 0) is 7.05 Å². The molecule has 2 rings (SSSR count). The standard InChI is InChI=1S/C16H18FN3O/c1-12(14-10-18-20(3)11-14)7-8-19(2)16(21)13-5-4-6-15(17)9-13/h4-6,9-11H,1,7-8H2,2-3H3. The normalized spacial score (nSPS) is 10.4. The van der Waals surface area contributed by atoms with Gasteiger partial charge in [0.1, 0.15) is 5.82 Å². The number of carbonyl (C=O) groups is 1. The van der Waals surface area contributed by atoms with Gasteiger partial charge >= 0.3 is 0 Å². The number of aryl methyl sites for hydroxylation is 1. The molecule has 0 atom stereocenters. The first kappa shape index (κ1) is 15.0. The van der Waals surface area contributed by atoms with E-state index in [9.17, 15) is 9.18 Å². The highest BCUT2D eigenvalue weighted by atomic mass is 19.1.